The van der Waals surface area contributed by atoms with Gasteiger partial charge in [-0.05, 0) is 59.7 Å². The molecule has 4 aromatic carbocycles. The number of aromatic nitrogens is 4. The van der Waals surface area contributed by atoms with Crippen molar-refractivity contribution in [1.82, 2.24) is 19.7 Å². The first kappa shape index (κ1) is 24.5. The summed E-state index contributed by atoms with van der Waals surface area (Å²) in [5.41, 5.74) is 7.89. The van der Waals surface area contributed by atoms with Gasteiger partial charge in [-0.3, -0.25) is 14.5 Å². The maximum absolute atomic E-state index is 14.7. The quantitative estimate of drug-likeness (QED) is 0.235. The van der Waals surface area contributed by atoms with Crippen LogP contribution in [-0.4, -0.2) is 25.7 Å². The molecule has 0 unspecified atom stereocenters. The second kappa shape index (κ2) is 9.88. The van der Waals surface area contributed by atoms with Crippen molar-refractivity contribution in [3.05, 3.63) is 127 Å². The number of carbonyl (C=O) groups is 1. The lowest BCUT2D eigenvalue weighted by Crippen LogP contribution is -2.11. The van der Waals surface area contributed by atoms with E-state index < -0.39 is 0 Å². The van der Waals surface area contributed by atoms with E-state index in [1.807, 2.05) is 78.5 Å². The van der Waals surface area contributed by atoms with Crippen LogP contribution in [0.1, 0.15) is 10.4 Å². The van der Waals surface area contributed by atoms with Crippen molar-refractivity contribution in [2.75, 3.05) is 5.32 Å². The third kappa shape index (κ3) is 4.43. The molecule has 1 amide bonds. The number of anilines is 1. The molecule has 7 aromatic rings. The first-order valence-corrected chi connectivity index (χ1v) is 13.2. The van der Waals surface area contributed by atoms with Crippen molar-refractivity contribution in [2.24, 2.45) is 7.05 Å². The van der Waals surface area contributed by atoms with E-state index in [9.17, 15) is 9.18 Å². The highest BCUT2D eigenvalue weighted by Crippen LogP contribution is 2.36. The molecule has 0 aliphatic rings. The molecule has 0 atom stereocenters. The number of amides is 1. The number of halogens is 1. The van der Waals surface area contributed by atoms with Gasteiger partial charge in [0.05, 0.1) is 23.1 Å². The average molecular weight is 538 g/mol. The fraction of sp³-hybridized carbons (Fsp3) is 0.0294. The van der Waals surface area contributed by atoms with Crippen LogP contribution < -0.4 is 5.32 Å². The van der Waals surface area contributed by atoms with E-state index in [2.05, 4.69) is 21.4 Å². The van der Waals surface area contributed by atoms with Crippen molar-refractivity contribution >= 4 is 33.4 Å². The van der Waals surface area contributed by atoms with Gasteiger partial charge >= 0.3 is 0 Å². The molecule has 0 aliphatic heterocycles. The largest absolute Gasteiger partial charge is 0.353 e. The molecular weight excluding hydrogens is 513 g/mol. The number of carbonyl (C=O) groups excluding carboxylic acids is 1. The van der Waals surface area contributed by atoms with Gasteiger partial charge in [0.1, 0.15) is 11.5 Å². The second-order valence-electron chi connectivity index (χ2n) is 9.92. The summed E-state index contributed by atoms with van der Waals surface area (Å²) in [6, 6.07) is 31.8. The first-order valence-electron chi connectivity index (χ1n) is 13.2. The van der Waals surface area contributed by atoms with Crippen LogP contribution in [0.2, 0.25) is 0 Å². The molecular formula is C34H24FN5O. The number of rotatable bonds is 5. The SMILES string of the molecule is Cn1nc(-c2cc3c(-c4ccccc4F)cccc3[nH]2)c2cc(-c3cncc(NC(=O)c4ccccc4)c3)ccc21. The maximum Gasteiger partial charge on any atom is 0.255 e. The summed E-state index contributed by atoms with van der Waals surface area (Å²) in [5.74, 6) is -0.449. The highest BCUT2D eigenvalue weighted by molar-refractivity contribution is 6.05. The number of pyridine rings is 1. The normalized spacial score (nSPS) is 11.3. The number of hydrogen-bond donors (Lipinski definition) is 2. The van der Waals surface area contributed by atoms with Gasteiger partial charge in [-0.25, -0.2) is 4.39 Å². The molecule has 6 nitrogen and oxygen atoms in total. The molecule has 0 bridgehead atoms. The summed E-state index contributed by atoms with van der Waals surface area (Å²) in [4.78, 5) is 20.5. The van der Waals surface area contributed by atoms with Crippen molar-refractivity contribution in [2.45, 2.75) is 0 Å². The van der Waals surface area contributed by atoms with Crippen LogP contribution in [0.3, 0.4) is 0 Å². The molecule has 0 radical (unpaired) electrons. The van der Waals surface area contributed by atoms with E-state index in [0.717, 1.165) is 49.9 Å². The number of aryl methyl sites for hydroxylation is 1. The van der Waals surface area contributed by atoms with E-state index in [4.69, 9.17) is 5.10 Å². The standard InChI is InChI=1S/C34H24FN5O/c1-40-32-15-14-22(23-16-24(20-36-19-23)37-34(41)21-8-3-2-4-9-21)17-28(32)33(39-40)31-18-27-25(11-7-13-30(27)38-31)26-10-5-6-12-29(26)35/h2-20,38H,1H3,(H,37,41). The third-order valence-corrected chi connectivity index (χ3v) is 7.30. The van der Waals surface area contributed by atoms with Gasteiger partial charge in [-0.2, -0.15) is 5.10 Å². The monoisotopic (exact) mass is 537 g/mol. The van der Waals surface area contributed by atoms with E-state index in [0.29, 0.717) is 16.8 Å². The van der Waals surface area contributed by atoms with Gasteiger partial charge in [-0.15, -0.1) is 0 Å². The van der Waals surface area contributed by atoms with Gasteiger partial charge in [0.2, 0.25) is 0 Å². The van der Waals surface area contributed by atoms with E-state index in [1.165, 1.54) is 6.07 Å². The zero-order valence-corrected chi connectivity index (χ0v) is 22.1. The molecule has 3 aromatic heterocycles. The second-order valence-corrected chi connectivity index (χ2v) is 9.92. The molecule has 7 rings (SSSR count). The highest BCUT2D eigenvalue weighted by Gasteiger charge is 2.17. The van der Waals surface area contributed by atoms with E-state index in [1.54, 1.807) is 36.7 Å². The van der Waals surface area contributed by atoms with E-state index >= 15 is 0 Å². The Balaban J connectivity index is 1.28. The van der Waals surface area contributed by atoms with Crippen LogP contribution in [-0.2, 0) is 7.05 Å². The molecule has 0 spiro atoms. The summed E-state index contributed by atoms with van der Waals surface area (Å²) < 4.78 is 16.5. The lowest BCUT2D eigenvalue weighted by Gasteiger charge is -2.08. The molecule has 0 fully saturated rings. The lowest BCUT2D eigenvalue weighted by molar-refractivity contribution is 0.102. The van der Waals surface area contributed by atoms with Gasteiger partial charge in [0.25, 0.3) is 5.91 Å². The Hall–Kier alpha value is -5.56. The molecule has 0 aliphatic carbocycles. The zero-order valence-electron chi connectivity index (χ0n) is 22.1. The minimum atomic E-state index is -0.258. The minimum Gasteiger partial charge on any atom is -0.353 e. The molecule has 3 heterocycles. The number of hydrogen-bond acceptors (Lipinski definition) is 3. The van der Waals surface area contributed by atoms with Crippen molar-refractivity contribution < 1.29 is 9.18 Å². The van der Waals surface area contributed by atoms with Crippen molar-refractivity contribution in [3.63, 3.8) is 0 Å². The van der Waals surface area contributed by atoms with Gasteiger partial charge in [0, 0.05) is 46.2 Å². The smallest absolute Gasteiger partial charge is 0.255 e. The van der Waals surface area contributed by atoms with Gasteiger partial charge < -0.3 is 10.3 Å². The predicted octanol–water partition coefficient (Wildman–Crippen LogP) is 7.84. The highest BCUT2D eigenvalue weighted by atomic mass is 19.1. The summed E-state index contributed by atoms with van der Waals surface area (Å²) in [5, 5.41) is 9.66. The van der Waals surface area contributed by atoms with Crippen LogP contribution in [0.5, 0.6) is 0 Å². The fourth-order valence-electron chi connectivity index (χ4n) is 5.30. The third-order valence-electron chi connectivity index (χ3n) is 7.30. The number of aromatic amines is 1. The lowest BCUT2D eigenvalue weighted by atomic mass is 10.0. The Morgan fingerprint density at radius 2 is 1.61 bits per heavy atom. The Labute approximate surface area is 235 Å². The topological polar surface area (TPSA) is 75.6 Å². The number of nitrogens with zero attached hydrogens (tertiary/aromatic N) is 3. The number of benzene rings is 4. The molecule has 7 heteroatoms. The van der Waals surface area contributed by atoms with Crippen LogP contribution >= 0.6 is 0 Å². The molecule has 198 valence electrons. The van der Waals surface area contributed by atoms with Crippen LogP contribution in [0, 0.1) is 5.82 Å². The maximum atomic E-state index is 14.7. The van der Waals surface area contributed by atoms with Crippen LogP contribution in [0.25, 0.3) is 55.4 Å². The average Bonchev–Trinajstić information content (AvgIpc) is 3.59. The van der Waals surface area contributed by atoms with Gasteiger partial charge in [0.15, 0.2) is 0 Å². The minimum absolute atomic E-state index is 0.192. The summed E-state index contributed by atoms with van der Waals surface area (Å²) in [6.07, 6.45) is 3.41. The number of H-pyrrole nitrogens is 1. The van der Waals surface area contributed by atoms with Crippen molar-refractivity contribution in [3.8, 4) is 33.6 Å². The Morgan fingerprint density at radius 3 is 2.46 bits per heavy atom. The van der Waals surface area contributed by atoms with Crippen LogP contribution in [0.15, 0.2) is 116 Å². The Kier molecular flexibility index (Phi) is 5.90. The van der Waals surface area contributed by atoms with Crippen LogP contribution in [0.4, 0.5) is 10.1 Å². The number of fused-ring (bicyclic) bond motifs is 2. The Morgan fingerprint density at radius 1 is 0.805 bits per heavy atom. The molecule has 2 N–H and O–H groups in total. The van der Waals surface area contributed by atoms with Crippen molar-refractivity contribution in [1.29, 1.82) is 0 Å². The van der Waals surface area contributed by atoms with Gasteiger partial charge in [-0.1, -0.05) is 54.6 Å². The van der Waals surface area contributed by atoms with E-state index in [-0.39, 0.29) is 11.7 Å². The molecule has 0 saturated carbocycles. The zero-order chi connectivity index (χ0) is 27.9. The summed E-state index contributed by atoms with van der Waals surface area (Å²) >= 11 is 0. The predicted molar refractivity (Wildman–Crippen MR) is 161 cm³/mol. The number of nitrogens with one attached hydrogen (secondary N) is 2. The fourth-order valence-corrected chi connectivity index (χ4v) is 5.30. The first-order chi connectivity index (χ1) is 20.0. The summed E-state index contributed by atoms with van der Waals surface area (Å²) in [6.45, 7) is 0. The summed E-state index contributed by atoms with van der Waals surface area (Å²) in [7, 11) is 1.92. The Bertz CT molecular complexity index is 2080. The molecule has 41 heavy (non-hydrogen) atoms. The molecule has 0 saturated heterocycles.